The first-order chi connectivity index (χ1) is 13.6. The Labute approximate surface area is 168 Å². The van der Waals surface area contributed by atoms with E-state index in [0.29, 0.717) is 12.8 Å². The number of unbranched alkanes of at least 4 members (excludes halogenated alkanes) is 7. The highest BCUT2D eigenvalue weighted by Gasteiger charge is 2.44. The average Bonchev–Trinajstić information content (AvgIpc) is 3.08. The molecule has 0 radical (unpaired) electrons. The van der Waals surface area contributed by atoms with E-state index in [1.165, 1.54) is 44.9 Å². The minimum absolute atomic E-state index is 0.0129. The van der Waals surface area contributed by atoms with E-state index in [9.17, 15) is 9.59 Å². The van der Waals surface area contributed by atoms with Crippen LogP contribution in [0.25, 0.3) is 0 Å². The summed E-state index contributed by atoms with van der Waals surface area (Å²) in [5.74, 6) is 0.289. The third-order valence-corrected chi connectivity index (χ3v) is 5.29. The number of nitrogens with one attached hydrogen (secondary N) is 1. The molecule has 1 heterocycles. The number of carbonyl (C=O) groups is 2. The standard InChI is InChI=1S/C22H34N2O4/c1-2-3-4-5-6-7-8-9-16-27-19-12-10-18(11-13-19)14-15-22(20(23)25)17-28-21(26)24-22/h10-13H,2-9,14-17H2,1H3,(H2,23,25)(H,24,26). The molecule has 0 aromatic heterocycles. The van der Waals surface area contributed by atoms with Crippen LogP contribution in [-0.4, -0.2) is 30.8 Å². The van der Waals surface area contributed by atoms with E-state index in [-0.39, 0.29) is 6.61 Å². The van der Waals surface area contributed by atoms with Gasteiger partial charge in [0.1, 0.15) is 12.4 Å². The first kappa shape index (κ1) is 22.1. The van der Waals surface area contributed by atoms with Crippen LogP contribution in [0.1, 0.15) is 70.3 Å². The van der Waals surface area contributed by atoms with Gasteiger partial charge < -0.3 is 20.5 Å². The van der Waals surface area contributed by atoms with Crippen molar-refractivity contribution in [3.63, 3.8) is 0 Å². The van der Waals surface area contributed by atoms with E-state index in [2.05, 4.69) is 12.2 Å². The van der Waals surface area contributed by atoms with Crippen molar-refractivity contribution in [2.45, 2.75) is 76.7 Å². The van der Waals surface area contributed by atoms with E-state index < -0.39 is 17.5 Å². The molecule has 0 aliphatic carbocycles. The Bertz CT molecular complexity index is 617. The Kier molecular flexibility index (Phi) is 9.11. The summed E-state index contributed by atoms with van der Waals surface area (Å²) in [6.07, 6.45) is 10.7. The molecule has 0 spiro atoms. The Balaban J connectivity index is 1.64. The van der Waals surface area contributed by atoms with Crippen LogP contribution in [0.2, 0.25) is 0 Å². The number of benzene rings is 1. The molecule has 1 atom stereocenters. The van der Waals surface area contributed by atoms with Crippen LogP contribution in [0.3, 0.4) is 0 Å². The number of amides is 2. The van der Waals surface area contributed by atoms with Gasteiger partial charge in [-0.1, -0.05) is 64.0 Å². The summed E-state index contributed by atoms with van der Waals surface area (Å²) in [5, 5.41) is 2.55. The molecule has 1 unspecified atom stereocenters. The number of ether oxygens (including phenoxy) is 2. The van der Waals surface area contributed by atoms with Crippen molar-refractivity contribution < 1.29 is 19.1 Å². The number of rotatable bonds is 14. The van der Waals surface area contributed by atoms with Gasteiger partial charge >= 0.3 is 6.09 Å². The highest BCUT2D eigenvalue weighted by Crippen LogP contribution is 2.21. The van der Waals surface area contributed by atoms with Crippen LogP contribution in [0.4, 0.5) is 4.79 Å². The SMILES string of the molecule is CCCCCCCCCCOc1ccc(CCC2(C(N)=O)COC(=O)N2)cc1. The summed E-state index contributed by atoms with van der Waals surface area (Å²) >= 11 is 0. The molecule has 0 bridgehead atoms. The number of aryl methyl sites for hydroxylation is 1. The lowest BCUT2D eigenvalue weighted by molar-refractivity contribution is -0.124. The first-order valence-electron chi connectivity index (χ1n) is 10.5. The maximum atomic E-state index is 11.7. The van der Waals surface area contributed by atoms with Crippen LogP contribution >= 0.6 is 0 Å². The van der Waals surface area contributed by atoms with Crippen molar-refractivity contribution in [2.75, 3.05) is 13.2 Å². The second-order valence-electron chi connectivity index (χ2n) is 7.61. The van der Waals surface area contributed by atoms with Gasteiger partial charge in [-0.2, -0.15) is 0 Å². The summed E-state index contributed by atoms with van der Waals surface area (Å²) in [6, 6.07) is 7.85. The van der Waals surface area contributed by atoms with Crippen molar-refractivity contribution in [2.24, 2.45) is 5.73 Å². The summed E-state index contributed by atoms with van der Waals surface area (Å²) in [4.78, 5) is 23.0. The van der Waals surface area contributed by atoms with Gasteiger partial charge in [0, 0.05) is 0 Å². The molecular formula is C22H34N2O4. The molecule has 1 aliphatic rings. The van der Waals surface area contributed by atoms with Crippen LogP contribution in [0.15, 0.2) is 24.3 Å². The van der Waals surface area contributed by atoms with Crippen molar-refractivity contribution >= 4 is 12.0 Å². The zero-order valence-electron chi connectivity index (χ0n) is 17.0. The van der Waals surface area contributed by atoms with Crippen molar-refractivity contribution in [3.05, 3.63) is 29.8 Å². The zero-order chi connectivity index (χ0) is 20.2. The number of nitrogens with two attached hydrogens (primary N) is 1. The zero-order valence-corrected chi connectivity index (χ0v) is 17.0. The molecule has 6 heteroatoms. The van der Waals surface area contributed by atoms with Crippen LogP contribution in [0, 0.1) is 0 Å². The minimum atomic E-state index is -1.11. The Morgan fingerprint density at radius 2 is 1.75 bits per heavy atom. The highest BCUT2D eigenvalue weighted by molar-refractivity contribution is 5.91. The minimum Gasteiger partial charge on any atom is -0.494 e. The lowest BCUT2D eigenvalue weighted by Gasteiger charge is -2.22. The van der Waals surface area contributed by atoms with E-state index in [1.54, 1.807) is 0 Å². The number of cyclic esters (lactones) is 1. The van der Waals surface area contributed by atoms with Gasteiger partial charge in [-0.25, -0.2) is 4.79 Å². The molecule has 28 heavy (non-hydrogen) atoms. The summed E-state index contributed by atoms with van der Waals surface area (Å²) in [7, 11) is 0. The van der Waals surface area contributed by atoms with Gasteiger partial charge in [-0.15, -0.1) is 0 Å². The van der Waals surface area contributed by atoms with Crippen LogP contribution in [-0.2, 0) is 16.0 Å². The van der Waals surface area contributed by atoms with E-state index in [4.69, 9.17) is 15.2 Å². The van der Waals surface area contributed by atoms with Gasteiger partial charge in [0.05, 0.1) is 6.61 Å². The van der Waals surface area contributed by atoms with Gasteiger partial charge in [0.25, 0.3) is 0 Å². The molecule has 1 saturated heterocycles. The third-order valence-electron chi connectivity index (χ3n) is 5.29. The third kappa shape index (κ3) is 7.06. The molecule has 1 fully saturated rings. The molecule has 2 amide bonds. The molecule has 6 nitrogen and oxygen atoms in total. The number of hydrogen-bond donors (Lipinski definition) is 2. The topological polar surface area (TPSA) is 90.7 Å². The molecule has 1 aliphatic heterocycles. The average molecular weight is 391 g/mol. The number of carbonyl (C=O) groups excluding carboxylic acids is 2. The van der Waals surface area contributed by atoms with Gasteiger partial charge in [-0.3, -0.25) is 4.79 Å². The van der Waals surface area contributed by atoms with E-state index in [0.717, 1.165) is 24.3 Å². The predicted octanol–water partition coefficient (Wildman–Crippen LogP) is 4.10. The number of hydrogen-bond acceptors (Lipinski definition) is 4. The monoisotopic (exact) mass is 390 g/mol. The Morgan fingerprint density at radius 1 is 1.11 bits per heavy atom. The fraction of sp³-hybridized carbons (Fsp3) is 0.636. The molecule has 2 rings (SSSR count). The number of alkyl carbamates (subject to hydrolysis) is 1. The van der Waals surface area contributed by atoms with Gasteiger partial charge in [0.15, 0.2) is 5.54 Å². The fourth-order valence-electron chi connectivity index (χ4n) is 3.38. The number of primary amides is 1. The molecule has 1 aromatic carbocycles. The second-order valence-corrected chi connectivity index (χ2v) is 7.61. The fourth-order valence-corrected chi connectivity index (χ4v) is 3.38. The van der Waals surface area contributed by atoms with Crippen LogP contribution in [0.5, 0.6) is 5.75 Å². The normalized spacial score (nSPS) is 18.5. The van der Waals surface area contributed by atoms with Crippen molar-refractivity contribution in [1.29, 1.82) is 0 Å². The largest absolute Gasteiger partial charge is 0.494 e. The quantitative estimate of drug-likeness (QED) is 0.468. The second kappa shape index (κ2) is 11.6. The molecule has 1 aromatic rings. The molecule has 0 saturated carbocycles. The van der Waals surface area contributed by atoms with Gasteiger partial charge in [0.2, 0.25) is 5.91 Å². The Hall–Kier alpha value is -2.24. The van der Waals surface area contributed by atoms with Crippen LogP contribution < -0.4 is 15.8 Å². The lowest BCUT2D eigenvalue weighted by Crippen LogP contribution is -2.54. The summed E-state index contributed by atoms with van der Waals surface area (Å²) in [5.41, 5.74) is 5.40. The summed E-state index contributed by atoms with van der Waals surface area (Å²) < 4.78 is 10.7. The molecular weight excluding hydrogens is 356 g/mol. The first-order valence-corrected chi connectivity index (χ1v) is 10.5. The smallest absolute Gasteiger partial charge is 0.408 e. The van der Waals surface area contributed by atoms with Crippen molar-refractivity contribution in [3.8, 4) is 5.75 Å². The predicted molar refractivity (Wildman–Crippen MR) is 109 cm³/mol. The summed E-state index contributed by atoms with van der Waals surface area (Å²) in [6.45, 7) is 2.97. The molecule has 156 valence electrons. The molecule has 3 N–H and O–H groups in total. The Morgan fingerprint density at radius 3 is 2.32 bits per heavy atom. The van der Waals surface area contributed by atoms with E-state index >= 15 is 0 Å². The highest BCUT2D eigenvalue weighted by atomic mass is 16.6. The van der Waals surface area contributed by atoms with E-state index in [1.807, 2.05) is 24.3 Å². The maximum absolute atomic E-state index is 11.7. The lowest BCUT2D eigenvalue weighted by atomic mass is 9.92. The maximum Gasteiger partial charge on any atom is 0.408 e. The van der Waals surface area contributed by atoms with Crippen molar-refractivity contribution in [1.82, 2.24) is 5.32 Å². The van der Waals surface area contributed by atoms with Gasteiger partial charge in [-0.05, 0) is 37.0 Å².